The van der Waals surface area contributed by atoms with Gasteiger partial charge in [-0.3, -0.25) is 14.9 Å². The van der Waals surface area contributed by atoms with Gasteiger partial charge < -0.3 is 23.8 Å². The predicted octanol–water partition coefficient (Wildman–Crippen LogP) is 4.53. The number of esters is 1. The monoisotopic (exact) mass is 520 g/mol. The van der Waals surface area contributed by atoms with Crippen molar-refractivity contribution >= 4 is 17.6 Å². The molecule has 3 aromatic rings. The van der Waals surface area contributed by atoms with Gasteiger partial charge in [0.15, 0.2) is 11.5 Å². The number of rotatable bonds is 8. The van der Waals surface area contributed by atoms with Gasteiger partial charge in [0.2, 0.25) is 0 Å². The minimum Gasteiger partial charge on any atom is -0.493 e. The van der Waals surface area contributed by atoms with Crippen LogP contribution in [0.15, 0.2) is 54.6 Å². The van der Waals surface area contributed by atoms with Crippen molar-refractivity contribution in [2.24, 2.45) is 0 Å². The summed E-state index contributed by atoms with van der Waals surface area (Å²) >= 11 is 0. The highest BCUT2D eigenvalue weighted by molar-refractivity contribution is 5.97. The number of nitro groups is 1. The number of carbonyl (C=O) groups excluding carboxylic acids is 2. The molecule has 10 heteroatoms. The Morgan fingerprint density at radius 3 is 2.34 bits per heavy atom. The van der Waals surface area contributed by atoms with E-state index in [0.29, 0.717) is 41.3 Å². The van der Waals surface area contributed by atoms with E-state index >= 15 is 0 Å². The Morgan fingerprint density at radius 1 is 1.03 bits per heavy atom. The average Bonchev–Trinajstić information content (AvgIpc) is 2.94. The van der Waals surface area contributed by atoms with E-state index < -0.39 is 16.9 Å². The second kappa shape index (κ2) is 11.2. The van der Waals surface area contributed by atoms with E-state index in [4.69, 9.17) is 18.9 Å². The maximum atomic E-state index is 13.8. The van der Waals surface area contributed by atoms with Crippen LogP contribution in [-0.2, 0) is 11.2 Å². The fourth-order valence-electron chi connectivity index (χ4n) is 4.64. The van der Waals surface area contributed by atoms with Crippen molar-refractivity contribution in [2.45, 2.75) is 19.4 Å². The number of carbonyl (C=O) groups is 2. The third-order valence-electron chi connectivity index (χ3n) is 6.68. The Hall–Kier alpha value is -4.60. The Kier molecular flexibility index (Phi) is 7.80. The molecule has 0 N–H and O–H groups in total. The van der Waals surface area contributed by atoms with Crippen LogP contribution in [0.4, 0.5) is 5.69 Å². The fourth-order valence-corrected chi connectivity index (χ4v) is 4.64. The van der Waals surface area contributed by atoms with Gasteiger partial charge in [-0.15, -0.1) is 0 Å². The Labute approximate surface area is 219 Å². The van der Waals surface area contributed by atoms with Gasteiger partial charge in [-0.05, 0) is 66.9 Å². The zero-order valence-electron chi connectivity index (χ0n) is 21.6. The number of hydrogen-bond donors (Lipinski definition) is 0. The topological polar surface area (TPSA) is 117 Å². The molecule has 4 rings (SSSR count). The van der Waals surface area contributed by atoms with Crippen molar-refractivity contribution in [1.29, 1.82) is 0 Å². The zero-order chi connectivity index (χ0) is 27.4. The highest BCUT2D eigenvalue weighted by Gasteiger charge is 2.34. The van der Waals surface area contributed by atoms with Crippen molar-refractivity contribution in [1.82, 2.24) is 4.90 Å². The fraction of sp³-hybridized carbons (Fsp3) is 0.286. The highest BCUT2D eigenvalue weighted by Crippen LogP contribution is 2.39. The van der Waals surface area contributed by atoms with Crippen LogP contribution >= 0.6 is 0 Å². The Morgan fingerprint density at radius 2 is 1.71 bits per heavy atom. The summed E-state index contributed by atoms with van der Waals surface area (Å²) in [7, 11) is 4.41. The van der Waals surface area contributed by atoms with Crippen LogP contribution in [0.5, 0.6) is 17.2 Å². The first-order chi connectivity index (χ1) is 18.3. The highest BCUT2D eigenvalue weighted by atomic mass is 16.6. The van der Waals surface area contributed by atoms with Gasteiger partial charge in [-0.2, -0.15) is 0 Å². The predicted molar refractivity (Wildman–Crippen MR) is 138 cm³/mol. The molecule has 3 aromatic carbocycles. The Balaban J connectivity index is 1.71. The molecule has 0 aromatic heterocycles. The van der Waals surface area contributed by atoms with Crippen LogP contribution in [0.1, 0.15) is 43.4 Å². The molecule has 0 spiro atoms. The molecule has 1 aliphatic heterocycles. The lowest BCUT2D eigenvalue weighted by molar-refractivity contribution is -0.385. The standard InChI is InChI=1S/C28H28N2O8/c1-17-21(6-5-7-23(17)30(33)34)27(31)29-13-12-19-14-25(35-2)26(36-3)15-22(19)24(29)16-38-20-10-8-18(9-11-20)28(32)37-4/h5-11,14-15,24H,12-13,16H2,1-4H3/t24-/m1/s1. The molecule has 198 valence electrons. The SMILES string of the molecule is COC(=O)c1ccc(OC[C@@H]2c3cc(OC)c(OC)cc3CCN2C(=O)c2cccc([N+](=O)[O-])c2C)cc1. The minimum absolute atomic E-state index is 0.0970. The molecule has 0 saturated heterocycles. The number of ether oxygens (including phenoxy) is 4. The molecule has 0 radical (unpaired) electrons. The molecule has 1 atom stereocenters. The van der Waals surface area contributed by atoms with Gasteiger partial charge in [-0.1, -0.05) is 6.07 Å². The second-order valence-electron chi connectivity index (χ2n) is 8.70. The summed E-state index contributed by atoms with van der Waals surface area (Å²) in [5, 5.41) is 11.5. The molecular formula is C28H28N2O8. The van der Waals surface area contributed by atoms with Crippen molar-refractivity contribution in [3.05, 3.63) is 92.5 Å². The van der Waals surface area contributed by atoms with Gasteiger partial charge >= 0.3 is 5.97 Å². The van der Waals surface area contributed by atoms with Crippen LogP contribution in [0.3, 0.4) is 0 Å². The number of methoxy groups -OCH3 is 3. The van der Waals surface area contributed by atoms with Gasteiger partial charge in [0.1, 0.15) is 12.4 Å². The van der Waals surface area contributed by atoms with E-state index in [0.717, 1.165) is 11.1 Å². The zero-order valence-corrected chi connectivity index (χ0v) is 21.6. The molecule has 0 bridgehead atoms. The average molecular weight is 521 g/mol. The molecule has 1 amide bonds. The van der Waals surface area contributed by atoms with E-state index in [1.807, 2.05) is 12.1 Å². The van der Waals surface area contributed by atoms with Crippen LogP contribution in [0, 0.1) is 17.0 Å². The van der Waals surface area contributed by atoms with Crippen molar-refractivity contribution < 1.29 is 33.5 Å². The van der Waals surface area contributed by atoms with Crippen LogP contribution in [0.2, 0.25) is 0 Å². The quantitative estimate of drug-likeness (QED) is 0.242. The van der Waals surface area contributed by atoms with Crippen LogP contribution in [0.25, 0.3) is 0 Å². The lowest BCUT2D eigenvalue weighted by Gasteiger charge is -2.38. The summed E-state index contributed by atoms with van der Waals surface area (Å²) in [4.78, 5) is 38.2. The summed E-state index contributed by atoms with van der Waals surface area (Å²) in [6, 6.07) is 14.2. The molecular weight excluding hydrogens is 492 g/mol. The molecule has 1 heterocycles. The van der Waals surface area contributed by atoms with E-state index in [2.05, 4.69) is 0 Å². The number of nitro benzene ring substituents is 1. The minimum atomic E-state index is -0.523. The Bertz CT molecular complexity index is 1370. The maximum absolute atomic E-state index is 13.8. The number of amides is 1. The maximum Gasteiger partial charge on any atom is 0.337 e. The first-order valence-electron chi connectivity index (χ1n) is 11.9. The van der Waals surface area contributed by atoms with Crippen molar-refractivity contribution in [3.8, 4) is 17.2 Å². The summed E-state index contributed by atoms with van der Waals surface area (Å²) in [5.74, 6) is 0.812. The molecule has 0 unspecified atom stereocenters. The normalized spacial score (nSPS) is 14.3. The molecule has 1 aliphatic rings. The number of benzene rings is 3. The van der Waals surface area contributed by atoms with E-state index in [1.54, 1.807) is 49.3 Å². The third kappa shape index (κ3) is 5.10. The van der Waals surface area contributed by atoms with Gasteiger partial charge in [-0.25, -0.2) is 4.79 Å². The van der Waals surface area contributed by atoms with E-state index in [1.165, 1.54) is 26.4 Å². The largest absolute Gasteiger partial charge is 0.493 e. The molecule has 0 fully saturated rings. The first-order valence-corrected chi connectivity index (χ1v) is 11.9. The molecule has 10 nitrogen and oxygen atoms in total. The lowest BCUT2D eigenvalue weighted by Crippen LogP contribution is -2.42. The van der Waals surface area contributed by atoms with Gasteiger partial charge in [0, 0.05) is 23.7 Å². The second-order valence-corrected chi connectivity index (χ2v) is 8.70. The van der Waals surface area contributed by atoms with Crippen LogP contribution in [-0.4, -0.2) is 56.2 Å². The van der Waals surface area contributed by atoms with Gasteiger partial charge in [0.05, 0.1) is 37.9 Å². The molecule has 0 saturated carbocycles. The van der Waals surface area contributed by atoms with E-state index in [-0.39, 0.29) is 23.8 Å². The summed E-state index contributed by atoms with van der Waals surface area (Å²) < 4.78 is 21.8. The summed E-state index contributed by atoms with van der Waals surface area (Å²) in [5.41, 5.74) is 2.65. The number of nitrogens with zero attached hydrogens (tertiary/aromatic N) is 2. The third-order valence-corrected chi connectivity index (χ3v) is 6.68. The summed E-state index contributed by atoms with van der Waals surface area (Å²) in [6.45, 7) is 2.05. The molecule has 0 aliphatic carbocycles. The number of fused-ring (bicyclic) bond motifs is 1. The first kappa shape index (κ1) is 26.5. The van der Waals surface area contributed by atoms with Crippen molar-refractivity contribution in [2.75, 3.05) is 34.5 Å². The molecule has 38 heavy (non-hydrogen) atoms. The van der Waals surface area contributed by atoms with Crippen LogP contribution < -0.4 is 14.2 Å². The number of hydrogen-bond acceptors (Lipinski definition) is 8. The lowest BCUT2D eigenvalue weighted by atomic mass is 9.91. The van der Waals surface area contributed by atoms with Gasteiger partial charge in [0.25, 0.3) is 11.6 Å². The smallest absolute Gasteiger partial charge is 0.337 e. The summed E-state index contributed by atoms with van der Waals surface area (Å²) in [6.07, 6.45) is 0.555. The van der Waals surface area contributed by atoms with E-state index in [9.17, 15) is 19.7 Å². The van der Waals surface area contributed by atoms with Crippen molar-refractivity contribution in [3.63, 3.8) is 0 Å².